The number of hydrogen-bond acceptors (Lipinski definition) is 3. The number of carbonyl (C=O) groups is 1. The van der Waals surface area contributed by atoms with Crippen LogP contribution in [0, 0.1) is 12.7 Å². The number of ether oxygens (including phenoxy) is 1. The van der Waals surface area contributed by atoms with E-state index in [-0.39, 0.29) is 23.9 Å². The van der Waals surface area contributed by atoms with Gasteiger partial charge in [0.2, 0.25) is 0 Å². The van der Waals surface area contributed by atoms with E-state index in [1.165, 1.54) is 28.8 Å². The highest BCUT2D eigenvalue weighted by Crippen LogP contribution is 2.29. The molecule has 0 unspecified atom stereocenters. The van der Waals surface area contributed by atoms with Crippen molar-refractivity contribution in [1.29, 1.82) is 0 Å². The fourth-order valence-electron chi connectivity index (χ4n) is 5.03. The van der Waals surface area contributed by atoms with Gasteiger partial charge in [-0.2, -0.15) is 0 Å². The largest absolute Gasteiger partial charge is 0.489 e. The van der Waals surface area contributed by atoms with Gasteiger partial charge in [0, 0.05) is 31.2 Å². The lowest BCUT2D eigenvalue weighted by Gasteiger charge is -2.32. The van der Waals surface area contributed by atoms with Gasteiger partial charge in [-0.25, -0.2) is 4.39 Å². The molecule has 0 bridgehead atoms. The molecule has 1 saturated heterocycles. The van der Waals surface area contributed by atoms with Gasteiger partial charge in [-0.15, -0.1) is 0 Å². The van der Waals surface area contributed by atoms with Crippen LogP contribution >= 0.6 is 11.6 Å². The third-order valence-corrected chi connectivity index (χ3v) is 7.78. The Morgan fingerprint density at radius 2 is 1.56 bits per heavy atom. The second kappa shape index (κ2) is 17.2. The standard InChI is InChI=1S/C27H37ClN2O2.C8H9F/c1-4-6-23(7-5-2)29-27(31)22-12-13-26(25(28)18-22)32-24-14-16-30(17-15-24)19-21-10-8-20(3)9-11-21;1-2-7-3-5-8(9)6-4-7/h8-13,18,23-24H,4-7,14-17,19H2,1-3H3,(H,29,31);3-6H,2H2,1H3. The van der Waals surface area contributed by atoms with Gasteiger partial charge < -0.3 is 10.1 Å². The molecule has 0 aromatic heterocycles. The molecule has 0 spiro atoms. The Hall–Kier alpha value is -2.89. The van der Waals surface area contributed by atoms with Crippen molar-refractivity contribution in [2.24, 2.45) is 0 Å². The molecule has 1 aliphatic heterocycles. The summed E-state index contributed by atoms with van der Waals surface area (Å²) in [5, 5.41) is 3.65. The minimum absolute atomic E-state index is 0.0604. The molecule has 222 valence electrons. The zero-order valence-electron chi connectivity index (χ0n) is 25.1. The highest BCUT2D eigenvalue weighted by molar-refractivity contribution is 6.32. The lowest BCUT2D eigenvalue weighted by Crippen LogP contribution is -2.37. The fourth-order valence-corrected chi connectivity index (χ4v) is 5.25. The molecule has 4 rings (SSSR count). The van der Waals surface area contributed by atoms with Crippen molar-refractivity contribution in [3.63, 3.8) is 0 Å². The predicted molar refractivity (Wildman–Crippen MR) is 168 cm³/mol. The first kappa shape index (κ1) is 32.6. The van der Waals surface area contributed by atoms with Gasteiger partial charge in [0.05, 0.1) is 5.02 Å². The molecule has 1 heterocycles. The number of hydrogen-bond donors (Lipinski definition) is 1. The molecule has 0 radical (unpaired) electrons. The van der Waals surface area contributed by atoms with Gasteiger partial charge >= 0.3 is 0 Å². The Morgan fingerprint density at radius 3 is 2.12 bits per heavy atom. The number of piperidine rings is 1. The highest BCUT2D eigenvalue weighted by Gasteiger charge is 2.22. The predicted octanol–water partition coefficient (Wildman–Crippen LogP) is 8.78. The number of rotatable bonds is 11. The van der Waals surface area contributed by atoms with Gasteiger partial charge in [0.25, 0.3) is 5.91 Å². The number of aryl methyl sites for hydroxylation is 2. The van der Waals surface area contributed by atoms with Crippen LogP contribution in [0.2, 0.25) is 5.02 Å². The van der Waals surface area contributed by atoms with Crippen molar-refractivity contribution in [2.75, 3.05) is 13.1 Å². The maximum Gasteiger partial charge on any atom is 0.251 e. The monoisotopic (exact) mass is 580 g/mol. The number of nitrogens with one attached hydrogen (secondary N) is 1. The van der Waals surface area contributed by atoms with Gasteiger partial charge in [-0.05, 0) is 80.5 Å². The normalized spacial score (nSPS) is 13.9. The summed E-state index contributed by atoms with van der Waals surface area (Å²) in [6.45, 7) is 11.4. The molecule has 0 atom stereocenters. The van der Waals surface area contributed by atoms with Crippen molar-refractivity contribution < 1.29 is 13.9 Å². The van der Waals surface area contributed by atoms with Crippen LogP contribution in [0.3, 0.4) is 0 Å². The van der Waals surface area contributed by atoms with Crippen molar-refractivity contribution in [1.82, 2.24) is 10.2 Å². The van der Waals surface area contributed by atoms with Crippen LogP contribution in [0.15, 0.2) is 66.7 Å². The summed E-state index contributed by atoms with van der Waals surface area (Å²) in [7, 11) is 0. The number of carbonyl (C=O) groups excluding carboxylic acids is 1. The highest BCUT2D eigenvalue weighted by atomic mass is 35.5. The Bertz CT molecular complexity index is 1190. The number of halogens is 2. The fraction of sp³-hybridized carbons (Fsp3) is 0.457. The maximum atomic E-state index is 12.6. The second-order valence-electron chi connectivity index (χ2n) is 11.0. The minimum atomic E-state index is -0.160. The van der Waals surface area contributed by atoms with E-state index in [1.54, 1.807) is 18.2 Å². The van der Waals surface area contributed by atoms with Crippen molar-refractivity contribution in [3.8, 4) is 5.75 Å². The van der Waals surface area contributed by atoms with E-state index in [9.17, 15) is 9.18 Å². The van der Waals surface area contributed by atoms with E-state index in [2.05, 4.69) is 55.3 Å². The van der Waals surface area contributed by atoms with E-state index in [4.69, 9.17) is 16.3 Å². The third kappa shape index (κ3) is 11.1. The average molecular weight is 581 g/mol. The van der Waals surface area contributed by atoms with Crippen LogP contribution < -0.4 is 10.1 Å². The number of amides is 1. The van der Waals surface area contributed by atoms with E-state index >= 15 is 0 Å². The summed E-state index contributed by atoms with van der Waals surface area (Å²) in [4.78, 5) is 15.1. The first-order chi connectivity index (χ1) is 19.8. The average Bonchev–Trinajstić information content (AvgIpc) is 2.97. The molecular weight excluding hydrogens is 535 g/mol. The van der Waals surface area contributed by atoms with Gasteiger partial charge in [0.15, 0.2) is 0 Å². The molecule has 0 aliphatic carbocycles. The summed E-state index contributed by atoms with van der Waals surface area (Å²) in [6, 6.07) is 20.9. The Balaban J connectivity index is 0.000000436. The van der Waals surface area contributed by atoms with Gasteiger partial charge in [0.1, 0.15) is 17.7 Å². The van der Waals surface area contributed by atoms with Gasteiger partial charge in [-0.1, -0.05) is 87.2 Å². The quantitative estimate of drug-likeness (QED) is 0.246. The third-order valence-electron chi connectivity index (χ3n) is 7.48. The molecule has 4 nitrogen and oxygen atoms in total. The van der Waals surface area contributed by atoms with Crippen LogP contribution in [0.1, 0.15) is 86.3 Å². The van der Waals surface area contributed by atoms with Crippen LogP contribution in [-0.2, 0) is 13.0 Å². The maximum absolute atomic E-state index is 12.6. The molecule has 41 heavy (non-hydrogen) atoms. The first-order valence-electron chi connectivity index (χ1n) is 15.1. The van der Waals surface area contributed by atoms with E-state index < -0.39 is 0 Å². The lowest BCUT2D eigenvalue weighted by molar-refractivity contribution is 0.0931. The zero-order chi connectivity index (χ0) is 29.6. The summed E-state index contributed by atoms with van der Waals surface area (Å²) in [5.41, 5.74) is 4.42. The summed E-state index contributed by atoms with van der Waals surface area (Å²) in [6.07, 6.45) is 7.18. The molecule has 3 aromatic rings. The van der Waals surface area contributed by atoms with E-state index in [0.29, 0.717) is 16.3 Å². The molecule has 3 aromatic carbocycles. The number of nitrogens with zero attached hydrogens (tertiary/aromatic N) is 1. The van der Waals surface area contributed by atoms with E-state index in [1.807, 2.05) is 19.1 Å². The molecule has 1 aliphatic rings. The Labute approximate surface area is 251 Å². The second-order valence-corrected chi connectivity index (χ2v) is 11.4. The van der Waals surface area contributed by atoms with Crippen LogP contribution in [0.25, 0.3) is 0 Å². The van der Waals surface area contributed by atoms with Crippen LogP contribution in [-0.4, -0.2) is 36.0 Å². The molecule has 6 heteroatoms. The summed E-state index contributed by atoms with van der Waals surface area (Å²) in [5.74, 6) is 0.445. The lowest BCUT2D eigenvalue weighted by atomic mass is 10.1. The number of benzene rings is 3. The number of likely N-dealkylation sites (tertiary alicyclic amines) is 1. The summed E-state index contributed by atoms with van der Waals surface area (Å²) < 4.78 is 18.4. The molecule has 1 amide bonds. The molecule has 1 fully saturated rings. The topological polar surface area (TPSA) is 41.6 Å². The van der Waals surface area contributed by atoms with Crippen molar-refractivity contribution >= 4 is 17.5 Å². The minimum Gasteiger partial charge on any atom is -0.489 e. The van der Waals surface area contributed by atoms with Crippen molar-refractivity contribution in [2.45, 2.75) is 91.3 Å². The Morgan fingerprint density at radius 1 is 0.951 bits per heavy atom. The molecular formula is C35H46ClFN2O2. The zero-order valence-corrected chi connectivity index (χ0v) is 25.9. The van der Waals surface area contributed by atoms with Gasteiger partial charge in [-0.3, -0.25) is 9.69 Å². The first-order valence-corrected chi connectivity index (χ1v) is 15.5. The molecule has 1 N–H and O–H groups in total. The SMILES string of the molecule is CCCC(CCC)NC(=O)c1ccc(OC2CCN(Cc3ccc(C)cc3)CC2)c(Cl)c1.CCc1ccc(F)cc1. The van der Waals surface area contributed by atoms with Crippen LogP contribution in [0.4, 0.5) is 4.39 Å². The smallest absolute Gasteiger partial charge is 0.251 e. The van der Waals surface area contributed by atoms with Crippen molar-refractivity contribution in [3.05, 3.63) is 99.8 Å². The van der Waals surface area contributed by atoms with Crippen LogP contribution in [0.5, 0.6) is 5.75 Å². The summed E-state index contributed by atoms with van der Waals surface area (Å²) >= 11 is 6.48. The Kier molecular flexibility index (Phi) is 13.6. The molecule has 0 saturated carbocycles. The van der Waals surface area contributed by atoms with E-state index in [0.717, 1.165) is 64.6 Å².